The maximum absolute atomic E-state index is 13.4. The van der Waals surface area contributed by atoms with Crippen molar-refractivity contribution in [2.45, 2.75) is 37.8 Å². The van der Waals surface area contributed by atoms with Crippen molar-refractivity contribution >= 4 is 21.7 Å². The normalized spacial score (nSPS) is 12.7. The lowest BCUT2D eigenvalue weighted by atomic mass is 10.0. The summed E-state index contributed by atoms with van der Waals surface area (Å²) in [5, 5.41) is 10.9. The van der Waals surface area contributed by atoms with Gasteiger partial charge in [-0.1, -0.05) is 19.9 Å². The third-order valence-electron chi connectivity index (χ3n) is 4.23. The molecule has 0 aliphatic heterocycles. The summed E-state index contributed by atoms with van der Waals surface area (Å²) in [6.07, 6.45) is 3.33. The molecule has 0 spiro atoms. The number of pyridine rings is 1. The van der Waals surface area contributed by atoms with Crippen molar-refractivity contribution in [2.75, 3.05) is 7.11 Å². The molecule has 2 aromatic rings. The summed E-state index contributed by atoms with van der Waals surface area (Å²) in [5.41, 5.74) is 0.366. The lowest BCUT2D eigenvalue weighted by molar-refractivity contribution is -0.384. The van der Waals surface area contributed by atoms with E-state index in [1.165, 1.54) is 13.3 Å². The van der Waals surface area contributed by atoms with E-state index in [0.29, 0.717) is 5.56 Å². The lowest BCUT2D eigenvalue weighted by Gasteiger charge is -2.30. The molecule has 0 fully saturated rings. The number of rotatable bonds is 9. The fourth-order valence-corrected chi connectivity index (χ4v) is 4.40. The van der Waals surface area contributed by atoms with Gasteiger partial charge < -0.3 is 4.74 Å². The summed E-state index contributed by atoms with van der Waals surface area (Å²) in [6.45, 7) is 3.65. The molecule has 0 aliphatic rings. The van der Waals surface area contributed by atoms with E-state index in [1.807, 2.05) is 13.8 Å². The zero-order chi connectivity index (χ0) is 21.6. The van der Waals surface area contributed by atoms with E-state index in [-0.39, 0.29) is 29.5 Å². The van der Waals surface area contributed by atoms with Crippen LogP contribution in [0.15, 0.2) is 53.7 Å². The Morgan fingerprint density at radius 1 is 1.24 bits per heavy atom. The molecule has 10 heteroatoms. The molecule has 1 aromatic carbocycles. The fraction of sp³-hybridized carbons (Fsp3) is 0.368. The van der Waals surface area contributed by atoms with Crippen LogP contribution >= 0.6 is 0 Å². The monoisotopic (exact) mass is 421 g/mol. The predicted molar refractivity (Wildman–Crippen MR) is 105 cm³/mol. The Kier molecular flexibility index (Phi) is 7.40. The Labute approximate surface area is 169 Å². The molecule has 9 nitrogen and oxygen atoms in total. The first-order chi connectivity index (χ1) is 13.7. The van der Waals surface area contributed by atoms with E-state index in [1.54, 1.807) is 18.3 Å². The van der Waals surface area contributed by atoms with Crippen LogP contribution in [0.25, 0.3) is 0 Å². The van der Waals surface area contributed by atoms with Crippen molar-refractivity contribution in [3.63, 3.8) is 0 Å². The van der Waals surface area contributed by atoms with Gasteiger partial charge in [-0.3, -0.25) is 19.9 Å². The summed E-state index contributed by atoms with van der Waals surface area (Å²) >= 11 is 0. The molecule has 0 saturated carbocycles. The average molecular weight is 421 g/mol. The Hall–Kier alpha value is -2.85. The van der Waals surface area contributed by atoms with Gasteiger partial charge in [-0.05, 0) is 36.1 Å². The SMILES string of the molecule is COC(=O)[C@@H](CC(C)C)N(Cc1cccnc1)S(=O)(=O)c1ccc([N+](=O)[O-])cc1. The molecule has 0 unspecified atom stereocenters. The second kappa shape index (κ2) is 9.57. The van der Waals surface area contributed by atoms with Gasteiger partial charge in [0.15, 0.2) is 0 Å². The standard InChI is InChI=1S/C19H23N3O6S/c1-14(2)11-18(19(23)28-3)21(13-15-5-4-10-20-12-15)29(26,27)17-8-6-16(7-9-17)22(24)25/h4-10,12,14,18H,11,13H2,1-3H3/t18-/m1/s1. The van der Waals surface area contributed by atoms with Crippen LogP contribution < -0.4 is 0 Å². The number of carbonyl (C=O) groups is 1. The van der Waals surface area contributed by atoms with E-state index in [0.717, 1.165) is 28.6 Å². The van der Waals surface area contributed by atoms with Gasteiger partial charge in [-0.15, -0.1) is 0 Å². The quantitative estimate of drug-likeness (QED) is 0.347. The number of methoxy groups -OCH3 is 1. The van der Waals surface area contributed by atoms with Crippen LogP contribution in [0.3, 0.4) is 0 Å². The molecule has 0 radical (unpaired) electrons. The Morgan fingerprint density at radius 3 is 2.38 bits per heavy atom. The molecule has 0 amide bonds. The van der Waals surface area contributed by atoms with Crippen molar-refractivity contribution in [3.05, 3.63) is 64.5 Å². The molecular formula is C19H23N3O6S. The van der Waals surface area contributed by atoms with Gasteiger partial charge in [0, 0.05) is 31.1 Å². The zero-order valence-electron chi connectivity index (χ0n) is 16.4. The molecule has 0 N–H and O–H groups in total. The highest BCUT2D eigenvalue weighted by atomic mass is 32.2. The van der Waals surface area contributed by atoms with E-state index in [2.05, 4.69) is 4.98 Å². The smallest absolute Gasteiger partial charge is 0.324 e. The highest BCUT2D eigenvalue weighted by Crippen LogP contribution is 2.26. The fourth-order valence-electron chi connectivity index (χ4n) is 2.82. The second-order valence-corrected chi connectivity index (χ2v) is 8.72. The predicted octanol–water partition coefficient (Wildman–Crippen LogP) is 2.77. The van der Waals surface area contributed by atoms with Crippen molar-refractivity contribution in [1.82, 2.24) is 9.29 Å². The Bertz CT molecular complexity index is 946. The van der Waals surface area contributed by atoms with Crippen LogP contribution in [-0.2, 0) is 26.1 Å². The number of carbonyl (C=O) groups excluding carboxylic acids is 1. The average Bonchev–Trinajstić information content (AvgIpc) is 2.70. The lowest BCUT2D eigenvalue weighted by Crippen LogP contribution is -2.45. The van der Waals surface area contributed by atoms with Crippen molar-refractivity contribution in [1.29, 1.82) is 0 Å². The number of sulfonamides is 1. The molecule has 0 bridgehead atoms. The number of aromatic nitrogens is 1. The number of nitro benzene ring substituents is 1. The summed E-state index contributed by atoms with van der Waals surface area (Å²) in [5.74, 6) is -0.657. The summed E-state index contributed by atoms with van der Waals surface area (Å²) in [7, 11) is -2.95. The van der Waals surface area contributed by atoms with Gasteiger partial charge in [0.25, 0.3) is 5.69 Å². The number of non-ortho nitro benzene ring substituents is 1. The summed E-state index contributed by atoms with van der Waals surface area (Å²) in [6, 6.07) is 6.87. The molecule has 1 heterocycles. The molecule has 1 aromatic heterocycles. The van der Waals surface area contributed by atoms with Gasteiger partial charge in [-0.2, -0.15) is 4.31 Å². The summed E-state index contributed by atoms with van der Waals surface area (Å²) < 4.78 is 32.7. The third-order valence-corrected chi connectivity index (χ3v) is 6.10. The molecule has 29 heavy (non-hydrogen) atoms. The zero-order valence-corrected chi connectivity index (χ0v) is 17.2. The molecule has 1 atom stereocenters. The first-order valence-electron chi connectivity index (χ1n) is 8.89. The minimum atomic E-state index is -4.16. The number of nitro groups is 1. The first-order valence-corrected chi connectivity index (χ1v) is 10.3. The minimum absolute atomic E-state index is 0.0163. The van der Waals surface area contributed by atoms with Crippen LogP contribution in [0.5, 0.6) is 0 Å². The molecule has 0 aliphatic carbocycles. The molecule has 156 valence electrons. The number of ether oxygens (including phenoxy) is 1. The third kappa shape index (κ3) is 5.58. The number of hydrogen-bond donors (Lipinski definition) is 0. The largest absolute Gasteiger partial charge is 0.468 e. The van der Waals surface area contributed by atoms with E-state index in [9.17, 15) is 23.3 Å². The highest BCUT2D eigenvalue weighted by Gasteiger charge is 2.37. The molecule has 0 saturated heterocycles. The van der Waals surface area contributed by atoms with Crippen LogP contribution in [0, 0.1) is 16.0 Å². The molecular weight excluding hydrogens is 398 g/mol. The number of esters is 1. The van der Waals surface area contributed by atoms with Crippen molar-refractivity contribution in [3.8, 4) is 0 Å². The van der Waals surface area contributed by atoms with Crippen LogP contribution in [0.2, 0.25) is 0 Å². The minimum Gasteiger partial charge on any atom is -0.468 e. The van der Waals surface area contributed by atoms with E-state index >= 15 is 0 Å². The molecule has 2 rings (SSSR count). The number of hydrogen-bond acceptors (Lipinski definition) is 7. The first kappa shape index (κ1) is 22.4. The Morgan fingerprint density at radius 2 is 1.90 bits per heavy atom. The van der Waals surface area contributed by atoms with E-state index < -0.39 is 27.0 Å². The van der Waals surface area contributed by atoms with Crippen LogP contribution in [-0.4, -0.2) is 41.8 Å². The van der Waals surface area contributed by atoms with Gasteiger partial charge in [0.2, 0.25) is 10.0 Å². The second-order valence-electron chi connectivity index (χ2n) is 6.83. The van der Waals surface area contributed by atoms with E-state index in [4.69, 9.17) is 4.74 Å². The Balaban J connectivity index is 2.54. The van der Waals surface area contributed by atoms with Crippen LogP contribution in [0.4, 0.5) is 5.69 Å². The van der Waals surface area contributed by atoms with Gasteiger partial charge in [0.05, 0.1) is 16.9 Å². The van der Waals surface area contributed by atoms with Gasteiger partial charge in [0.1, 0.15) is 6.04 Å². The van der Waals surface area contributed by atoms with Gasteiger partial charge in [-0.25, -0.2) is 8.42 Å². The maximum Gasteiger partial charge on any atom is 0.324 e. The topological polar surface area (TPSA) is 120 Å². The van der Waals surface area contributed by atoms with Crippen LogP contribution in [0.1, 0.15) is 25.8 Å². The summed E-state index contributed by atoms with van der Waals surface area (Å²) in [4.78, 5) is 26.6. The van der Waals surface area contributed by atoms with Gasteiger partial charge >= 0.3 is 5.97 Å². The maximum atomic E-state index is 13.4. The number of nitrogens with zero attached hydrogens (tertiary/aromatic N) is 3. The highest BCUT2D eigenvalue weighted by molar-refractivity contribution is 7.89. The number of benzene rings is 1. The van der Waals surface area contributed by atoms with Crippen molar-refractivity contribution in [2.24, 2.45) is 5.92 Å². The van der Waals surface area contributed by atoms with Crippen molar-refractivity contribution < 1.29 is 22.9 Å².